The average Bonchev–Trinajstić information content (AvgIpc) is 1.68. The third-order valence-corrected chi connectivity index (χ3v) is 2.80. The first-order valence-electron chi connectivity index (χ1n) is 1.75. The highest BCUT2D eigenvalue weighted by atomic mass is 32.4. The molecule has 0 rings (SSSR count). The number of hydrogen-bond donors (Lipinski definition) is 0. The normalized spacial score (nSPS) is 7.43. The largest absolute Gasteiger partial charge is 0.377 e. The Labute approximate surface area is 48.4 Å². The molecule has 0 N–H and O–H groups in total. The van der Waals surface area contributed by atoms with E-state index in [0.29, 0.717) is 0 Å². The summed E-state index contributed by atoms with van der Waals surface area (Å²) in [5, 5.41) is 1.56. The fourth-order valence-electron chi connectivity index (χ4n) is 0.130. The maximum atomic E-state index is 10.4. The molecule has 1 nitrogen and oxygen atoms in total. The van der Waals surface area contributed by atoms with E-state index in [1.165, 1.54) is 16.9 Å². The summed E-state index contributed by atoms with van der Waals surface area (Å²) >= 11 is 1.22. The van der Waals surface area contributed by atoms with Gasteiger partial charge >= 0.3 is 7.83 Å². The Hall–Kier alpha value is -0.153. The first-order valence-corrected chi connectivity index (χ1v) is 4.84. The third-order valence-electron chi connectivity index (χ3n) is 0.366. The summed E-state index contributed by atoms with van der Waals surface area (Å²) in [5.74, 6) is 0. The first kappa shape index (κ1) is 6.85. The van der Waals surface area contributed by atoms with Crippen LogP contribution in [0.5, 0.6) is 0 Å². The minimum atomic E-state index is -1.57. The summed E-state index contributed by atoms with van der Waals surface area (Å²) < 4.78 is 10.4. The van der Waals surface area contributed by atoms with E-state index in [-0.39, 0.29) is 0 Å². The van der Waals surface area contributed by atoms with E-state index in [4.69, 9.17) is 0 Å². The zero-order valence-corrected chi connectivity index (χ0v) is 5.70. The van der Waals surface area contributed by atoms with Gasteiger partial charge in [-0.2, -0.15) is 0 Å². The predicted molar refractivity (Wildman–Crippen MR) is 34.4 cm³/mol. The molecule has 0 aromatic heterocycles. The van der Waals surface area contributed by atoms with Crippen molar-refractivity contribution < 1.29 is 4.46 Å². The van der Waals surface area contributed by atoms with Gasteiger partial charge in [0.25, 0.3) is 0 Å². The zero-order valence-electron chi connectivity index (χ0n) is 3.89. The molecular formula is C4H6OSSi. The molecule has 7 heavy (non-hydrogen) atoms. The van der Waals surface area contributed by atoms with Crippen LogP contribution >= 0.6 is 11.2 Å². The Bertz CT molecular complexity index is 99.9. The van der Waals surface area contributed by atoms with Crippen LogP contribution in [-0.2, 0) is 4.46 Å². The maximum absolute atomic E-state index is 10.4. The molecule has 0 saturated carbocycles. The minimum Gasteiger partial charge on any atom is -0.369 e. The molecule has 0 fully saturated rings. The molecule has 0 unspecified atom stereocenters. The quantitative estimate of drug-likeness (QED) is 0.539. The van der Waals surface area contributed by atoms with E-state index in [1.54, 1.807) is 5.41 Å². The van der Waals surface area contributed by atoms with Gasteiger partial charge in [-0.3, -0.25) is 0 Å². The summed E-state index contributed by atoms with van der Waals surface area (Å²) in [6.45, 7) is 6.73. The summed E-state index contributed by atoms with van der Waals surface area (Å²) in [5.41, 5.74) is 1.44. The molecule has 0 spiro atoms. The third kappa shape index (κ3) is 3.68. The zero-order chi connectivity index (χ0) is 5.70. The molecule has 0 aliphatic heterocycles. The Balaban J connectivity index is 3.36. The lowest BCUT2D eigenvalue weighted by atomic mass is 11.3. The average molecular weight is 130 g/mol. The van der Waals surface area contributed by atoms with Gasteiger partial charge in [0.1, 0.15) is 0 Å². The van der Waals surface area contributed by atoms with Crippen molar-refractivity contribution in [2.24, 2.45) is 0 Å². The van der Waals surface area contributed by atoms with Crippen LogP contribution < -0.4 is 0 Å². The van der Waals surface area contributed by atoms with Crippen LogP contribution in [0.3, 0.4) is 0 Å². The molecule has 0 aliphatic carbocycles. The van der Waals surface area contributed by atoms with Crippen LogP contribution in [0.1, 0.15) is 0 Å². The lowest BCUT2D eigenvalue weighted by Crippen LogP contribution is -1.80. The molecule has 0 aromatic rings. The number of hydrogen-bond acceptors (Lipinski definition) is 2. The van der Waals surface area contributed by atoms with Gasteiger partial charge in [-0.05, 0) is 11.1 Å². The molecule has 0 heterocycles. The Kier molecular flexibility index (Phi) is 3.93. The van der Waals surface area contributed by atoms with Crippen LogP contribution in [0, 0.1) is 0 Å². The maximum Gasteiger partial charge on any atom is 0.377 e. The van der Waals surface area contributed by atoms with E-state index in [1.807, 2.05) is 0 Å². The molecular weight excluding hydrogens is 124 g/mol. The van der Waals surface area contributed by atoms with Gasteiger partial charge in [0, 0.05) is 0 Å². The Morgan fingerprint density at radius 1 is 1.57 bits per heavy atom. The fraction of sp³-hybridized carbons (Fsp3) is 0. The highest BCUT2D eigenvalue weighted by Crippen LogP contribution is 1.98. The fourth-order valence-corrected chi connectivity index (χ4v) is 1.17. The van der Waals surface area contributed by atoms with Crippen molar-refractivity contribution in [1.82, 2.24) is 0 Å². The van der Waals surface area contributed by atoms with E-state index < -0.39 is 7.83 Å². The minimum absolute atomic E-state index is 1.22. The van der Waals surface area contributed by atoms with Crippen molar-refractivity contribution in [2.75, 3.05) is 0 Å². The topological polar surface area (TPSA) is 17.1 Å². The summed E-state index contributed by atoms with van der Waals surface area (Å²) in [4.78, 5) is 0. The molecule has 0 saturated heterocycles. The second kappa shape index (κ2) is 4.02. The van der Waals surface area contributed by atoms with Crippen LogP contribution in [-0.4, -0.2) is 7.83 Å². The van der Waals surface area contributed by atoms with Gasteiger partial charge in [-0.15, -0.1) is 0 Å². The van der Waals surface area contributed by atoms with Crippen molar-refractivity contribution in [3.8, 4) is 0 Å². The summed E-state index contributed by atoms with van der Waals surface area (Å²) in [6.07, 6.45) is 0. The van der Waals surface area contributed by atoms with E-state index >= 15 is 0 Å². The van der Waals surface area contributed by atoms with E-state index in [2.05, 4.69) is 13.2 Å². The first-order chi connectivity index (χ1) is 3.31. The summed E-state index contributed by atoms with van der Waals surface area (Å²) in [7, 11) is -1.57. The Morgan fingerprint density at radius 3 is 2.29 bits per heavy atom. The second-order valence-corrected chi connectivity index (χ2v) is 4.34. The van der Waals surface area contributed by atoms with Crippen LogP contribution in [0.2, 0.25) is 0 Å². The van der Waals surface area contributed by atoms with Gasteiger partial charge in [-0.25, -0.2) is 0 Å². The van der Waals surface area contributed by atoms with Gasteiger partial charge in [0.05, 0.1) is 0 Å². The van der Waals surface area contributed by atoms with E-state index in [0.717, 1.165) is 0 Å². The van der Waals surface area contributed by atoms with Crippen molar-refractivity contribution in [2.45, 2.75) is 0 Å². The molecule has 0 amide bonds. The lowest BCUT2D eigenvalue weighted by Gasteiger charge is -1.75. The summed E-state index contributed by atoms with van der Waals surface area (Å²) in [6, 6.07) is 0. The molecule has 38 valence electrons. The highest BCUT2D eigenvalue weighted by Gasteiger charge is 1.91. The smallest absolute Gasteiger partial charge is 0.369 e. The van der Waals surface area contributed by atoms with Gasteiger partial charge in [0.15, 0.2) is 0 Å². The molecule has 0 atom stereocenters. The molecule has 0 aliphatic rings. The standard InChI is InChI=1S/C4H6OSSi/c1-3-6-7(5)4-2/h3-4H,1-2H2. The number of rotatable bonds is 3. The molecule has 0 radical (unpaired) electrons. The molecule has 0 bridgehead atoms. The van der Waals surface area contributed by atoms with Gasteiger partial charge in [0.2, 0.25) is 0 Å². The molecule has 0 aromatic carbocycles. The predicted octanol–water partition coefficient (Wildman–Crippen LogP) is 1.51. The van der Waals surface area contributed by atoms with Crippen molar-refractivity contribution in [3.05, 3.63) is 24.3 Å². The highest BCUT2D eigenvalue weighted by molar-refractivity contribution is 8.26. The monoisotopic (exact) mass is 130 g/mol. The van der Waals surface area contributed by atoms with Gasteiger partial charge in [-0.1, -0.05) is 24.4 Å². The lowest BCUT2D eigenvalue weighted by molar-refractivity contribution is 0.579. The Morgan fingerprint density at radius 2 is 2.14 bits per heavy atom. The van der Waals surface area contributed by atoms with Gasteiger partial charge < -0.3 is 4.46 Å². The van der Waals surface area contributed by atoms with E-state index in [9.17, 15) is 4.46 Å². The van der Waals surface area contributed by atoms with Crippen LogP contribution in [0.4, 0.5) is 0 Å². The SMILES string of the molecule is C=CS[Si](=O)C=C. The molecule has 3 heteroatoms. The second-order valence-electron chi connectivity index (χ2n) is 0.808. The van der Waals surface area contributed by atoms with Crippen molar-refractivity contribution in [1.29, 1.82) is 0 Å². The van der Waals surface area contributed by atoms with Crippen molar-refractivity contribution in [3.63, 3.8) is 0 Å². The van der Waals surface area contributed by atoms with Crippen molar-refractivity contribution >= 4 is 19.0 Å². The van der Waals surface area contributed by atoms with Crippen LogP contribution in [0.25, 0.3) is 0 Å². The van der Waals surface area contributed by atoms with Crippen LogP contribution in [0.15, 0.2) is 24.3 Å².